The molecule has 0 aromatic carbocycles. The molecule has 5 rings (SSSR count). The van der Waals surface area contributed by atoms with Gasteiger partial charge in [0.15, 0.2) is 5.65 Å². The highest BCUT2D eigenvalue weighted by Crippen LogP contribution is 2.39. The summed E-state index contributed by atoms with van der Waals surface area (Å²) in [5, 5.41) is 0.484. The van der Waals surface area contributed by atoms with Gasteiger partial charge < -0.3 is 0 Å². The lowest BCUT2D eigenvalue weighted by Gasteiger charge is -2.07. The second kappa shape index (κ2) is 4.27. The van der Waals surface area contributed by atoms with Crippen molar-refractivity contribution < 1.29 is 0 Å². The van der Waals surface area contributed by atoms with Gasteiger partial charge in [0.1, 0.15) is 17.0 Å². The average molecular weight is 311 g/mol. The molecule has 1 aliphatic carbocycles. The van der Waals surface area contributed by atoms with Gasteiger partial charge in [-0.25, -0.2) is 15.0 Å². The van der Waals surface area contributed by atoms with Crippen LogP contribution in [0.2, 0.25) is 5.15 Å². The van der Waals surface area contributed by atoms with Gasteiger partial charge in [0.2, 0.25) is 5.95 Å². The molecule has 0 unspecified atom stereocenters. The van der Waals surface area contributed by atoms with Gasteiger partial charge >= 0.3 is 0 Å². The van der Waals surface area contributed by atoms with E-state index in [0.717, 1.165) is 41.0 Å². The topological polar surface area (TPSA) is 61.4 Å². The van der Waals surface area contributed by atoms with Crippen molar-refractivity contribution >= 4 is 33.8 Å². The van der Waals surface area contributed by atoms with E-state index >= 15 is 0 Å². The van der Waals surface area contributed by atoms with E-state index in [9.17, 15) is 0 Å². The fraction of sp³-hybridized carbons (Fsp3) is 0.200. The van der Waals surface area contributed by atoms with E-state index in [1.165, 1.54) is 0 Å². The summed E-state index contributed by atoms with van der Waals surface area (Å²) in [5.41, 5.74) is 3.51. The van der Waals surface area contributed by atoms with Crippen molar-refractivity contribution in [2.45, 2.75) is 18.9 Å². The Morgan fingerprint density at radius 3 is 2.86 bits per heavy atom. The number of hydrogen-bond donors (Lipinski definition) is 0. The first-order valence-electron chi connectivity index (χ1n) is 7.13. The first-order valence-corrected chi connectivity index (χ1v) is 7.51. The van der Waals surface area contributed by atoms with Crippen LogP contribution in [0.4, 0.5) is 0 Å². The highest BCUT2D eigenvalue weighted by molar-refractivity contribution is 6.29. The minimum atomic E-state index is 0.431. The predicted octanol–water partition coefficient (Wildman–Crippen LogP) is 3.15. The molecule has 1 saturated carbocycles. The summed E-state index contributed by atoms with van der Waals surface area (Å²) in [6, 6.07) is 6.00. The van der Waals surface area contributed by atoms with Crippen LogP contribution >= 0.6 is 11.6 Å². The Kier molecular flexibility index (Phi) is 2.35. The molecule has 4 aromatic heterocycles. The van der Waals surface area contributed by atoms with E-state index in [1.54, 1.807) is 24.8 Å². The summed E-state index contributed by atoms with van der Waals surface area (Å²) in [6.45, 7) is 0. The predicted molar refractivity (Wildman–Crippen MR) is 83.2 cm³/mol. The van der Waals surface area contributed by atoms with Crippen molar-refractivity contribution in [2.24, 2.45) is 0 Å². The zero-order valence-electron chi connectivity index (χ0n) is 11.5. The lowest BCUT2D eigenvalue weighted by atomic mass is 10.4. The Hall–Kier alpha value is -2.47. The molecule has 108 valence electrons. The van der Waals surface area contributed by atoms with E-state index in [-0.39, 0.29) is 0 Å². The van der Waals surface area contributed by atoms with Crippen LogP contribution in [-0.2, 0) is 0 Å². The van der Waals surface area contributed by atoms with Crippen LogP contribution in [0.5, 0.6) is 0 Å². The van der Waals surface area contributed by atoms with Crippen molar-refractivity contribution in [2.75, 3.05) is 0 Å². The average Bonchev–Trinajstić information content (AvgIpc) is 3.17. The van der Waals surface area contributed by atoms with E-state index in [4.69, 9.17) is 16.6 Å². The largest absolute Gasteiger partial charge is 0.291 e. The number of hydrogen-bond acceptors (Lipinski definition) is 4. The molecule has 0 N–H and O–H groups in total. The summed E-state index contributed by atoms with van der Waals surface area (Å²) < 4.78 is 4.13. The van der Waals surface area contributed by atoms with Crippen molar-refractivity contribution in [3.8, 4) is 5.95 Å². The molecule has 0 atom stereocenters. The van der Waals surface area contributed by atoms with E-state index < -0.39 is 0 Å². The van der Waals surface area contributed by atoms with E-state index in [1.807, 2.05) is 16.7 Å². The molecule has 4 heterocycles. The van der Waals surface area contributed by atoms with E-state index in [2.05, 4.69) is 19.5 Å². The minimum absolute atomic E-state index is 0.431. The monoisotopic (exact) mass is 310 g/mol. The second-order valence-electron chi connectivity index (χ2n) is 5.47. The first kappa shape index (κ1) is 12.1. The molecular weight excluding hydrogens is 300 g/mol. The number of nitrogens with zero attached hydrogens (tertiary/aromatic N) is 6. The fourth-order valence-corrected chi connectivity index (χ4v) is 2.94. The molecule has 0 saturated heterocycles. The van der Waals surface area contributed by atoms with Gasteiger partial charge in [0.25, 0.3) is 0 Å². The Morgan fingerprint density at radius 2 is 2.00 bits per heavy atom. The maximum atomic E-state index is 6.06. The van der Waals surface area contributed by atoms with Crippen molar-refractivity contribution in [1.29, 1.82) is 0 Å². The molecule has 1 fully saturated rings. The molecule has 0 bridgehead atoms. The number of fused-ring (bicyclic) bond motifs is 2. The van der Waals surface area contributed by atoms with Gasteiger partial charge in [0, 0.05) is 12.2 Å². The standard InChI is InChI=1S/C15H11ClN6/c16-13-4-3-11-14(20-13)22(9-1-2-9)15(19-11)21-8-18-10-5-6-17-7-12(10)21/h3-9H,1-2H2. The molecule has 7 heteroatoms. The zero-order valence-corrected chi connectivity index (χ0v) is 12.3. The van der Waals surface area contributed by atoms with Crippen LogP contribution in [0, 0.1) is 0 Å². The molecule has 4 aromatic rings. The van der Waals surface area contributed by atoms with Crippen LogP contribution in [0.25, 0.3) is 28.1 Å². The first-order chi connectivity index (χ1) is 10.8. The third kappa shape index (κ3) is 1.67. The minimum Gasteiger partial charge on any atom is -0.291 e. The van der Waals surface area contributed by atoms with Gasteiger partial charge in [-0.2, -0.15) is 0 Å². The van der Waals surface area contributed by atoms with Crippen LogP contribution in [0.15, 0.2) is 36.9 Å². The quantitative estimate of drug-likeness (QED) is 0.534. The van der Waals surface area contributed by atoms with Crippen LogP contribution in [0.1, 0.15) is 18.9 Å². The van der Waals surface area contributed by atoms with Gasteiger partial charge in [-0.15, -0.1) is 0 Å². The van der Waals surface area contributed by atoms with Crippen LogP contribution in [0.3, 0.4) is 0 Å². The van der Waals surface area contributed by atoms with Crippen LogP contribution < -0.4 is 0 Å². The summed E-state index contributed by atoms with van der Waals surface area (Å²) in [6.07, 6.45) is 7.60. The Labute approximate surface area is 130 Å². The molecule has 22 heavy (non-hydrogen) atoms. The summed E-state index contributed by atoms with van der Waals surface area (Å²) in [7, 11) is 0. The van der Waals surface area contributed by atoms with E-state index in [0.29, 0.717) is 11.2 Å². The summed E-state index contributed by atoms with van der Waals surface area (Å²) >= 11 is 6.06. The molecule has 0 spiro atoms. The molecule has 0 radical (unpaired) electrons. The normalized spacial score (nSPS) is 15.0. The SMILES string of the molecule is Clc1ccc2nc(-n3cnc4ccncc43)n(C3CC3)c2n1. The van der Waals surface area contributed by atoms with Gasteiger partial charge in [-0.05, 0) is 31.0 Å². The second-order valence-corrected chi connectivity index (χ2v) is 5.86. The number of pyridine rings is 2. The van der Waals surface area contributed by atoms with Crippen LogP contribution in [-0.4, -0.2) is 29.1 Å². The molecule has 0 aliphatic heterocycles. The van der Waals surface area contributed by atoms with Gasteiger partial charge in [-0.3, -0.25) is 14.1 Å². The molecule has 6 nitrogen and oxygen atoms in total. The highest BCUT2D eigenvalue weighted by Gasteiger charge is 2.30. The number of imidazole rings is 2. The van der Waals surface area contributed by atoms with Crippen molar-refractivity contribution in [3.05, 3.63) is 42.1 Å². The summed E-state index contributed by atoms with van der Waals surface area (Å²) in [5.74, 6) is 0.822. The third-order valence-electron chi connectivity index (χ3n) is 3.96. The zero-order chi connectivity index (χ0) is 14.7. The van der Waals surface area contributed by atoms with Gasteiger partial charge in [-0.1, -0.05) is 11.6 Å². The Morgan fingerprint density at radius 1 is 1.09 bits per heavy atom. The summed E-state index contributed by atoms with van der Waals surface area (Å²) in [4.78, 5) is 17.8. The lowest BCUT2D eigenvalue weighted by Crippen LogP contribution is -2.05. The smallest absolute Gasteiger partial charge is 0.218 e. The molecule has 1 aliphatic rings. The van der Waals surface area contributed by atoms with Crippen molar-refractivity contribution in [1.82, 2.24) is 29.1 Å². The maximum Gasteiger partial charge on any atom is 0.218 e. The van der Waals surface area contributed by atoms with Gasteiger partial charge in [0.05, 0.1) is 17.2 Å². The fourth-order valence-electron chi connectivity index (χ4n) is 2.79. The number of aromatic nitrogens is 6. The highest BCUT2D eigenvalue weighted by atomic mass is 35.5. The number of halogens is 1. The van der Waals surface area contributed by atoms with Crippen molar-refractivity contribution in [3.63, 3.8) is 0 Å². The molecule has 0 amide bonds. The Balaban J connectivity index is 1.85. The molecular formula is C15H11ClN6. The number of rotatable bonds is 2. The Bertz CT molecular complexity index is 1010. The maximum absolute atomic E-state index is 6.06. The lowest BCUT2D eigenvalue weighted by molar-refractivity contribution is 0.721. The third-order valence-corrected chi connectivity index (χ3v) is 4.17.